The first-order valence-corrected chi connectivity index (χ1v) is 13.3. The van der Waals surface area contributed by atoms with Crippen molar-refractivity contribution >= 4 is 28.5 Å². The third-order valence-electron chi connectivity index (χ3n) is 8.11. The van der Waals surface area contributed by atoms with Crippen LogP contribution >= 0.6 is 0 Å². The second kappa shape index (κ2) is 9.03. The van der Waals surface area contributed by atoms with E-state index in [0.717, 1.165) is 11.4 Å². The SMILES string of the molecule is CC(=O)C1=CC2=NC1=CC1=NC(=C(c3c(F)c(F)c(F)c(F)c3F)C3=CC4=C(O)CC(=C5CC(C)(C)C(=C2)N5)C4=N3)C=C1. The highest BCUT2D eigenvalue weighted by Crippen LogP contribution is 2.47. The molecular weight excluding hydrogens is 567 g/mol. The number of aliphatic hydroxyl groups excluding tert-OH is 1. The second-order valence-corrected chi connectivity index (χ2v) is 11.5. The Kier molecular flexibility index (Phi) is 5.66. The lowest BCUT2D eigenvalue weighted by Gasteiger charge is -2.17. The van der Waals surface area contributed by atoms with Crippen LogP contribution in [0.25, 0.3) is 5.57 Å². The van der Waals surface area contributed by atoms with Crippen molar-refractivity contribution in [1.29, 1.82) is 0 Å². The topological polar surface area (TPSA) is 86.4 Å². The Balaban J connectivity index is 1.55. The minimum atomic E-state index is -2.29. The summed E-state index contributed by atoms with van der Waals surface area (Å²) in [6.07, 6.45) is 9.83. The van der Waals surface area contributed by atoms with Crippen molar-refractivity contribution in [2.24, 2.45) is 20.4 Å². The minimum absolute atomic E-state index is 0.0518. The Bertz CT molecular complexity index is 1960. The van der Waals surface area contributed by atoms with E-state index in [1.54, 1.807) is 6.08 Å². The monoisotopic (exact) mass is 588 g/mol. The van der Waals surface area contributed by atoms with Gasteiger partial charge in [-0.15, -0.1) is 0 Å². The molecule has 0 radical (unpaired) electrons. The molecule has 8 bridgehead atoms. The van der Waals surface area contributed by atoms with Crippen molar-refractivity contribution in [1.82, 2.24) is 5.32 Å². The van der Waals surface area contributed by atoms with Crippen LogP contribution in [0.1, 0.15) is 39.2 Å². The zero-order chi connectivity index (χ0) is 30.5. The van der Waals surface area contributed by atoms with Gasteiger partial charge in [0, 0.05) is 45.5 Å². The molecule has 0 spiro atoms. The van der Waals surface area contributed by atoms with Crippen molar-refractivity contribution in [3.63, 3.8) is 0 Å². The first-order valence-electron chi connectivity index (χ1n) is 13.3. The summed E-state index contributed by atoms with van der Waals surface area (Å²) in [7, 11) is 0. The molecule has 1 aromatic carbocycles. The van der Waals surface area contributed by atoms with Crippen LogP contribution in [0.4, 0.5) is 22.0 Å². The molecular formula is C32H21F5N4O2. The van der Waals surface area contributed by atoms with Gasteiger partial charge < -0.3 is 10.4 Å². The number of halogens is 5. The van der Waals surface area contributed by atoms with Crippen molar-refractivity contribution in [3.8, 4) is 0 Å². The van der Waals surface area contributed by atoms with Gasteiger partial charge in [-0.25, -0.2) is 36.9 Å². The lowest BCUT2D eigenvalue weighted by atomic mass is 9.87. The minimum Gasteiger partial charge on any atom is -0.511 e. The summed E-state index contributed by atoms with van der Waals surface area (Å²) in [4.78, 5) is 26.1. The van der Waals surface area contributed by atoms with Gasteiger partial charge in [0.2, 0.25) is 5.82 Å². The summed E-state index contributed by atoms with van der Waals surface area (Å²) in [5.74, 6) is -10.9. The third kappa shape index (κ3) is 3.98. The Morgan fingerprint density at radius 3 is 2.26 bits per heavy atom. The maximum atomic E-state index is 15.3. The van der Waals surface area contributed by atoms with E-state index in [1.807, 2.05) is 19.9 Å². The van der Waals surface area contributed by atoms with Crippen LogP contribution < -0.4 is 5.32 Å². The summed E-state index contributed by atoms with van der Waals surface area (Å²) >= 11 is 0. The molecule has 1 saturated heterocycles. The molecule has 1 aromatic rings. The van der Waals surface area contributed by atoms with Crippen LogP contribution in [0, 0.1) is 34.5 Å². The number of rotatable bonds is 2. The van der Waals surface area contributed by atoms with Crippen LogP contribution in [-0.4, -0.2) is 28.0 Å². The van der Waals surface area contributed by atoms with E-state index in [-0.39, 0.29) is 40.6 Å². The summed E-state index contributed by atoms with van der Waals surface area (Å²) in [6, 6.07) is 0. The van der Waals surface area contributed by atoms with Crippen molar-refractivity contribution in [2.45, 2.75) is 33.6 Å². The first-order chi connectivity index (χ1) is 20.3. The van der Waals surface area contributed by atoms with Gasteiger partial charge in [-0.1, -0.05) is 13.8 Å². The highest BCUT2D eigenvalue weighted by Gasteiger charge is 2.40. The maximum absolute atomic E-state index is 15.3. The molecule has 0 amide bonds. The highest BCUT2D eigenvalue weighted by molar-refractivity contribution is 6.21. The van der Waals surface area contributed by atoms with Gasteiger partial charge in [0.05, 0.1) is 39.8 Å². The van der Waals surface area contributed by atoms with Gasteiger partial charge in [-0.2, -0.15) is 0 Å². The number of nitrogens with one attached hydrogen (secondary N) is 1. The number of carbonyl (C=O) groups is 1. The number of carbonyl (C=O) groups excluding carboxylic acids is 1. The largest absolute Gasteiger partial charge is 0.511 e. The standard InChI is InChI=1S/C32H21F5N4O2/c1-12(42)15-6-14-8-23-32(2,3)11-21(40-23)16-10-22(43)17-9-20(41-31(16)17)24(18-5-4-13(38-18)7-19(15)39-14)25-26(33)28(35)30(37)29(36)27(25)34/h4-9,40,43H,10-11H2,1-3H3. The van der Waals surface area contributed by atoms with E-state index in [4.69, 9.17) is 0 Å². The summed E-state index contributed by atoms with van der Waals surface area (Å²) < 4.78 is 73.5. The van der Waals surface area contributed by atoms with Gasteiger partial charge in [0.25, 0.3) is 0 Å². The maximum Gasteiger partial charge on any atom is 0.200 e. The van der Waals surface area contributed by atoms with Gasteiger partial charge in [-0.05, 0) is 49.8 Å². The second-order valence-electron chi connectivity index (χ2n) is 11.5. The average molecular weight is 589 g/mol. The first kappa shape index (κ1) is 26.9. The molecule has 11 heteroatoms. The van der Waals surface area contributed by atoms with Crippen LogP contribution in [0.3, 0.4) is 0 Å². The zero-order valence-electron chi connectivity index (χ0n) is 23.0. The van der Waals surface area contributed by atoms with Crippen molar-refractivity contribution in [3.05, 3.63) is 122 Å². The average Bonchev–Trinajstić information content (AvgIpc) is 3.76. The lowest BCUT2D eigenvalue weighted by molar-refractivity contribution is -0.113. The Labute approximate surface area is 241 Å². The molecule has 0 saturated carbocycles. The van der Waals surface area contributed by atoms with Crippen molar-refractivity contribution in [2.75, 3.05) is 0 Å². The molecule has 7 rings (SSSR count). The predicted octanol–water partition coefficient (Wildman–Crippen LogP) is 6.68. The van der Waals surface area contributed by atoms with E-state index in [0.29, 0.717) is 34.7 Å². The molecule has 5 aliphatic heterocycles. The number of ketones is 1. The van der Waals surface area contributed by atoms with Crippen LogP contribution in [0.15, 0.2) is 102 Å². The fraction of sp³-hybridized carbons (Fsp3) is 0.188. The van der Waals surface area contributed by atoms with E-state index >= 15 is 8.78 Å². The Hall–Kier alpha value is -4.93. The van der Waals surface area contributed by atoms with E-state index in [2.05, 4.69) is 20.3 Å². The number of fused-ring (bicyclic) bond motifs is 5. The molecule has 0 aromatic heterocycles. The molecule has 6 nitrogen and oxygen atoms in total. The van der Waals surface area contributed by atoms with Crippen LogP contribution in [0.2, 0.25) is 0 Å². The molecule has 5 heterocycles. The van der Waals surface area contributed by atoms with Gasteiger partial charge in [0.15, 0.2) is 29.1 Å². The normalized spacial score (nSPS) is 21.5. The fourth-order valence-electron chi connectivity index (χ4n) is 5.94. The van der Waals surface area contributed by atoms with Gasteiger partial charge in [0.1, 0.15) is 5.76 Å². The fourth-order valence-corrected chi connectivity index (χ4v) is 5.94. The molecule has 216 valence electrons. The highest BCUT2D eigenvalue weighted by atomic mass is 19.2. The Morgan fingerprint density at radius 1 is 0.860 bits per heavy atom. The van der Waals surface area contributed by atoms with Gasteiger partial charge >= 0.3 is 0 Å². The predicted molar refractivity (Wildman–Crippen MR) is 150 cm³/mol. The number of aliphatic hydroxyl groups is 1. The van der Waals surface area contributed by atoms with Crippen LogP contribution in [-0.2, 0) is 4.79 Å². The summed E-state index contributed by atoms with van der Waals surface area (Å²) in [5, 5.41) is 14.3. The lowest BCUT2D eigenvalue weighted by Crippen LogP contribution is -2.15. The van der Waals surface area contributed by atoms with E-state index in [9.17, 15) is 23.1 Å². The van der Waals surface area contributed by atoms with Crippen LogP contribution in [0.5, 0.6) is 0 Å². The van der Waals surface area contributed by atoms with Crippen molar-refractivity contribution < 1.29 is 31.9 Å². The number of benzene rings is 1. The number of hydrogen-bond donors (Lipinski definition) is 2. The Morgan fingerprint density at radius 2 is 1.56 bits per heavy atom. The third-order valence-corrected chi connectivity index (χ3v) is 8.11. The molecule has 43 heavy (non-hydrogen) atoms. The van der Waals surface area contributed by atoms with Gasteiger partial charge in [-0.3, -0.25) is 4.79 Å². The molecule has 2 N–H and O–H groups in total. The quantitative estimate of drug-likeness (QED) is 0.230. The number of aliphatic imine (C=N–C) groups is 3. The van der Waals surface area contributed by atoms with E-state index < -0.39 is 45.6 Å². The molecule has 6 aliphatic rings. The number of nitrogens with zero attached hydrogens (tertiary/aromatic N) is 3. The van der Waals surface area contributed by atoms with E-state index in [1.165, 1.54) is 31.2 Å². The number of allylic oxidation sites excluding steroid dienone is 12. The molecule has 0 atom stereocenters. The molecule has 1 fully saturated rings. The number of hydrogen-bond acceptors (Lipinski definition) is 6. The smallest absolute Gasteiger partial charge is 0.200 e. The number of Topliss-reactive ketones (excluding diaryl/α,β-unsaturated/α-hetero) is 1. The summed E-state index contributed by atoms with van der Waals surface area (Å²) in [6.45, 7) is 5.43. The summed E-state index contributed by atoms with van der Waals surface area (Å²) in [5.41, 5.74) is 1.83. The molecule has 1 aliphatic carbocycles. The molecule has 0 unspecified atom stereocenters. The zero-order valence-corrected chi connectivity index (χ0v) is 23.0.